The lowest BCUT2D eigenvalue weighted by Crippen LogP contribution is -2.37. The number of hydrogen-bond acceptors (Lipinski definition) is 2. The van der Waals surface area contributed by atoms with Crippen LogP contribution in [0.15, 0.2) is 48.5 Å². The van der Waals surface area contributed by atoms with Crippen LogP contribution < -0.4 is 4.74 Å². The van der Waals surface area contributed by atoms with Gasteiger partial charge in [0.2, 0.25) is 0 Å². The zero-order valence-corrected chi connectivity index (χ0v) is 14.4. The van der Waals surface area contributed by atoms with E-state index in [1.54, 1.807) is 12.1 Å². The lowest BCUT2D eigenvalue weighted by molar-refractivity contribution is -0.152. The molecule has 0 amide bonds. The number of aliphatic carboxylic acids is 1. The highest BCUT2D eigenvalue weighted by Gasteiger charge is 2.29. The number of benzene rings is 2. The summed E-state index contributed by atoms with van der Waals surface area (Å²) in [4.78, 5) is 11.1. The molecular formula is C20H24O3. The first-order valence-corrected chi connectivity index (χ1v) is 7.73. The lowest BCUT2D eigenvalue weighted by atomic mass is 9.86. The van der Waals surface area contributed by atoms with Gasteiger partial charge >= 0.3 is 5.97 Å². The first kappa shape index (κ1) is 17.1. The van der Waals surface area contributed by atoms with Crippen LogP contribution in [0.1, 0.15) is 40.2 Å². The maximum absolute atomic E-state index is 11.1. The molecule has 1 N–H and O–H groups in total. The zero-order chi connectivity index (χ0) is 17.3. The summed E-state index contributed by atoms with van der Waals surface area (Å²) in [7, 11) is 0. The molecule has 0 bridgehead atoms. The van der Waals surface area contributed by atoms with E-state index < -0.39 is 11.6 Å². The summed E-state index contributed by atoms with van der Waals surface area (Å²) in [6.45, 7) is 9.65. The van der Waals surface area contributed by atoms with Gasteiger partial charge in [-0.2, -0.15) is 0 Å². The fourth-order valence-corrected chi connectivity index (χ4v) is 2.22. The Balaban J connectivity index is 2.18. The average molecular weight is 312 g/mol. The Morgan fingerprint density at radius 1 is 0.826 bits per heavy atom. The van der Waals surface area contributed by atoms with Gasteiger partial charge in [-0.1, -0.05) is 57.2 Å². The van der Waals surface area contributed by atoms with Crippen molar-refractivity contribution in [3.05, 3.63) is 54.1 Å². The summed E-state index contributed by atoms with van der Waals surface area (Å²) in [5.74, 6) is -0.438. The van der Waals surface area contributed by atoms with E-state index >= 15 is 0 Å². The Bertz CT molecular complexity index is 674. The van der Waals surface area contributed by atoms with Crippen LogP contribution in [-0.4, -0.2) is 16.7 Å². The number of hydrogen-bond donors (Lipinski definition) is 1. The Hall–Kier alpha value is -2.29. The van der Waals surface area contributed by atoms with Crippen LogP contribution in [0.3, 0.4) is 0 Å². The summed E-state index contributed by atoms with van der Waals surface area (Å²) < 4.78 is 5.52. The fourth-order valence-electron chi connectivity index (χ4n) is 2.22. The molecule has 0 aliphatic carbocycles. The van der Waals surface area contributed by atoms with E-state index in [0.29, 0.717) is 5.75 Å². The van der Waals surface area contributed by atoms with Crippen molar-refractivity contribution in [1.29, 1.82) is 0 Å². The molecule has 2 rings (SSSR count). The van der Waals surface area contributed by atoms with E-state index in [-0.39, 0.29) is 5.41 Å². The van der Waals surface area contributed by atoms with E-state index in [9.17, 15) is 4.79 Å². The van der Waals surface area contributed by atoms with Crippen molar-refractivity contribution < 1.29 is 14.6 Å². The second kappa shape index (κ2) is 6.07. The predicted octanol–water partition coefficient (Wildman–Crippen LogP) is 4.89. The quantitative estimate of drug-likeness (QED) is 0.874. The highest BCUT2D eigenvalue weighted by Crippen LogP contribution is 2.28. The third-order valence-electron chi connectivity index (χ3n) is 3.83. The van der Waals surface area contributed by atoms with Gasteiger partial charge in [-0.05, 0) is 48.1 Å². The minimum atomic E-state index is -1.24. The van der Waals surface area contributed by atoms with Gasteiger partial charge in [-0.3, -0.25) is 0 Å². The van der Waals surface area contributed by atoms with Crippen LogP contribution in [0.5, 0.6) is 5.75 Å². The molecule has 0 radical (unpaired) electrons. The monoisotopic (exact) mass is 312 g/mol. The summed E-state index contributed by atoms with van der Waals surface area (Å²) in [5, 5.41) is 9.10. The largest absolute Gasteiger partial charge is 0.478 e. The Labute approximate surface area is 137 Å². The van der Waals surface area contributed by atoms with Crippen LogP contribution in [0.25, 0.3) is 11.1 Å². The zero-order valence-electron chi connectivity index (χ0n) is 14.4. The molecule has 23 heavy (non-hydrogen) atoms. The van der Waals surface area contributed by atoms with Crippen LogP contribution in [0.2, 0.25) is 0 Å². The second-order valence-corrected chi connectivity index (χ2v) is 7.27. The van der Waals surface area contributed by atoms with Crippen molar-refractivity contribution in [3.8, 4) is 16.9 Å². The summed E-state index contributed by atoms with van der Waals surface area (Å²) in [5.41, 5.74) is 2.39. The third-order valence-corrected chi connectivity index (χ3v) is 3.83. The number of carboxylic acids is 1. The molecule has 0 aromatic heterocycles. The van der Waals surface area contributed by atoms with E-state index in [2.05, 4.69) is 45.0 Å². The topological polar surface area (TPSA) is 46.5 Å². The maximum atomic E-state index is 11.1. The van der Waals surface area contributed by atoms with Crippen LogP contribution in [0, 0.1) is 0 Å². The molecule has 122 valence electrons. The molecule has 0 aliphatic rings. The molecule has 0 unspecified atom stereocenters. The van der Waals surface area contributed by atoms with E-state index in [1.807, 2.05) is 12.1 Å². The van der Waals surface area contributed by atoms with Crippen molar-refractivity contribution in [2.24, 2.45) is 0 Å². The molecule has 3 nitrogen and oxygen atoms in total. The van der Waals surface area contributed by atoms with Crippen molar-refractivity contribution in [2.45, 2.75) is 45.6 Å². The molecule has 0 heterocycles. The van der Waals surface area contributed by atoms with Crippen LogP contribution in [0.4, 0.5) is 0 Å². The summed E-state index contributed by atoms with van der Waals surface area (Å²) in [6, 6.07) is 16.0. The van der Waals surface area contributed by atoms with Gasteiger partial charge in [0.05, 0.1) is 0 Å². The first-order valence-electron chi connectivity index (χ1n) is 7.73. The number of rotatable bonds is 4. The van der Waals surface area contributed by atoms with Gasteiger partial charge in [-0.15, -0.1) is 0 Å². The molecule has 0 aliphatic heterocycles. The number of carboxylic acid groups (broad SMARTS) is 1. The highest BCUT2D eigenvalue weighted by molar-refractivity contribution is 5.76. The Morgan fingerprint density at radius 2 is 1.26 bits per heavy atom. The fraction of sp³-hybridized carbons (Fsp3) is 0.350. The SMILES string of the molecule is CC(C)(Oc1ccc(-c2ccc(C(C)(C)C)cc2)cc1)C(=O)O. The molecule has 2 aromatic carbocycles. The number of ether oxygens (including phenoxy) is 1. The van der Waals surface area contributed by atoms with Crippen LogP contribution >= 0.6 is 0 Å². The molecule has 0 saturated carbocycles. The Kier molecular flexibility index (Phi) is 4.51. The van der Waals surface area contributed by atoms with E-state index in [0.717, 1.165) is 11.1 Å². The van der Waals surface area contributed by atoms with Gasteiger partial charge in [-0.25, -0.2) is 4.79 Å². The summed E-state index contributed by atoms with van der Waals surface area (Å²) >= 11 is 0. The Morgan fingerprint density at radius 3 is 1.65 bits per heavy atom. The van der Waals surface area contributed by atoms with Gasteiger partial charge < -0.3 is 9.84 Å². The van der Waals surface area contributed by atoms with E-state index in [1.165, 1.54) is 19.4 Å². The van der Waals surface area contributed by atoms with Crippen molar-refractivity contribution in [3.63, 3.8) is 0 Å². The molecular weight excluding hydrogens is 288 g/mol. The molecule has 0 saturated heterocycles. The standard InChI is InChI=1S/C20H24O3/c1-19(2,3)16-10-6-14(7-11-16)15-8-12-17(13-9-15)23-20(4,5)18(21)22/h6-13H,1-5H3,(H,21,22). The maximum Gasteiger partial charge on any atom is 0.347 e. The van der Waals surface area contributed by atoms with Gasteiger partial charge in [0.25, 0.3) is 0 Å². The predicted molar refractivity (Wildman–Crippen MR) is 92.9 cm³/mol. The first-order chi connectivity index (χ1) is 10.6. The van der Waals surface area contributed by atoms with Gasteiger partial charge in [0.1, 0.15) is 5.75 Å². The van der Waals surface area contributed by atoms with Crippen LogP contribution in [-0.2, 0) is 10.2 Å². The number of carbonyl (C=O) groups is 1. The van der Waals surface area contributed by atoms with Crippen molar-refractivity contribution in [1.82, 2.24) is 0 Å². The van der Waals surface area contributed by atoms with Gasteiger partial charge in [0.15, 0.2) is 5.60 Å². The molecule has 2 aromatic rings. The second-order valence-electron chi connectivity index (χ2n) is 7.27. The normalized spacial score (nSPS) is 12.0. The highest BCUT2D eigenvalue weighted by atomic mass is 16.5. The molecule has 3 heteroatoms. The van der Waals surface area contributed by atoms with E-state index in [4.69, 9.17) is 9.84 Å². The molecule has 0 spiro atoms. The average Bonchev–Trinajstić information content (AvgIpc) is 2.47. The minimum Gasteiger partial charge on any atom is -0.478 e. The molecule has 0 fully saturated rings. The van der Waals surface area contributed by atoms with Gasteiger partial charge in [0, 0.05) is 0 Å². The summed E-state index contributed by atoms with van der Waals surface area (Å²) in [6.07, 6.45) is 0. The smallest absolute Gasteiger partial charge is 0.347 e. The van der Waals surface area contributed by atoms with Crippen molar-refractivity contribution >= 4 is 5.97 Å². The third kappa shape index (κ3) is 4.13. The van der Waals surface area contributed by atoms with Crippen molar-refractivity contribution in [2.75, 3.05) is 0 Å². The lowest BCUT2D eigenvalue weighted by Gasteiger charge is -2.21. The molecule has 0 atom stereocenters. The minimum absolute atomic E-state index is 0.138.